The number of phenols is 1. The highest BCUT2D eigenvalue weighted by atomic mass is 127. The summed E-state index contributed by atoms with van der Waals surface area (Å²) in [6.07, 6.45) is 1.61. The molecule has 0 bridgehead atoms. The highest BCUT2D eigenvalue weighted by molar-refractivity contribution is 14.1. The topological polar surface area (TPSA) is 46.2 Å². The van der Waals surface area contributed by atoms with Gasteiger partial charge in [-0.1, -0.05) is 6.08 Å². The first-order chi connectivity index (χ1) is 6.06. The van der Waals surface area contributed by atoms with Crippen molar-refractivity contribution in [2.45, 2.75) is 13.0 Å². The second-order valence-corrected chi connectivity index (χ2v) is 4.08. The zero-order valence-electron chi connectivity index (χ0n) is 7.42. The summed E-state index contributed by atoms with van der Waals surface area (Å²) in [6, 6.07) is 3.31. The second-order valence-electron chi connectivity index (χ2n) is 2.92. The number of hydrogen-bond acceptors (Lipinski definition) is 2. The van der Waals surface area contributed by atoms with E-state index in [4.69, 9.17) is 5.73 Å². The molecule has 3 N–H and O–H groups in total. The van der Waals surface area contributed by atoms with Gasteiger partial charge in [0.15, 0.2) is 0 Å². The predicted molar refractivity (Wildman–Crippen MR) is 62.7 cm³/mol. The summed E-state index contributed by atoms with van der Waals surface area (Å²) >= 11 is 2.22. The molecule has 0 saturated heterocycles. The van der Waals surface area contributed by atoms with Gasteiger partial charge in [-0.3, -0.25) is 0 Å². The number of hydrogen-bond donors (Lipinski definition) is 2. The smallest absolute Gasteiger partial charge is 0.121 e. The van der Waals surface area contributed by atoms with Crippen molar-refractivity contribution < 1.29 is 5.11 Å². The van der Waals surface area contributed by atoms with Crippen molar-refractivity contribution in [3.05, 3.63) is 39.5 Å². The third kappa shape index (κ3) is 2.22. The molecule has 0 aliphatic heterocycles. The van der Waals surface area contributed by atoms with Gasteiger partial charge in [0.25, 0.3) is 0 Å². The quantitative estimate of drug-likeness (QED) is 0.649. The SMILES string of the molecule is C=CC(N)c1cc(I)c(C)cc1O. The van der Waals surface area contributed by atoms with Gasteiger partial charge in [-0.15, -0.1) is 6.58 Å². The van der Waals surface area contributed by atoms with Crippen LogP contribution in [0.2, 0.25) is 0 Å². The summed E-state index contributed by atoms with van der Waals surface area (Å²) in [5.74, 6) is 0.241. The Morgan fingerprint density at radius 2 is 2.23 bits per heavy atom. The molecule has 3 heteroatoms. The zero-order valence-corrected chi connectivity index (χ0v) is 9.58. The summed E-state index contributed by atoms with van der Waals surface area (Å²) in [6.45, 7) is 5.54. The van der Waals surface area contributed by atoms with Crippen molar-refractivity contribution in [3.63, 3.8) is 0 Å². The van der Waals surface area contributed by atoms with Crippen LogP contribution >= 0.6 is 22.6 Å². The molecular formula is C10H12INO. The van der Waals surface area contributed by atoms with Gasteiger partial charge in [-0.05, 0) is 47.2 Å². The number of halogens is 1. The summed E-state index contributed by atoms with van der Waals surface area (Å²) in [4.78, 5) is 0. The zero-order chi connectivity index (χ0) is 10.0. The van der Waals surface area contributed by atoms with Gasteiger partial charge in [0.2, 0.25) is 0 Å². The van der Waals surface area contributed by atoms with E-state index in [-0.39, 0.29) is 11.8 Å². The van der Waals surface area contributed by atoms with Crippen LogP contribution < -0.4 is 5.73 Å². The van der Waals surface area contributed by atoms with Crippen molar-refractivity contribution in [1.82, 2.24) is 0 Å². The standard InChI is InChI=1S/C10H12INO/c1-3-9(12)7-5-8(11)6(2)4-10(7)13/h3-5,9,13H,1,12H2,2H3. The van der Waals surface area contributed by atoms with E-state index >= 15 is 0 Å². The Balaban J connectivity index is 3.22. The van der Waals surface area contributed by atoms with Crippen LogP contribution in [0, 0.1) is 10.5 Å². The molecule has 13 heavy (non-hydrogen) atoms. The number of rotatable bonds is 2. The van der Waals surface area contributed by atoms with Crippen LogP contribution in [-0.4, -0.2) is 5.11 Å². The Kier molecular flexibility index (Phi) is 3.33. The fourth-order valence-corrected chi connectivity index (χ4v) is 1.57. The maximum absolute atomic E-state index is 9.59. The normalized spacial score (nSPS) is 12.5. The summed E-state index contributed by atoms with van der Waals surface area (Å²) in [5.41, 5.74) is 7.51. The van der Waals surface area contributed by atoms with Crippen LogP contribution in [0.5, 0.6) is 5.75 Å². The Bertz CT molecular complexity index is 336. The minimum absolute atomic E-state index is 0.241. The monoisotopic (exact) mass is 289 g/mol. The average Bonchev–Trinajstić information content (AvgIpc) is 2.10. The molecule has 1 aromatic rings. The van der Waals surface area contributed by atoms with Gasteiger partial charge in [-0.2, -0.15) is 0 Å². The van der Waals surface area contributed by atoms with E-state index in [2.05, 4.69) is 29.2 Å². The molecule has 1 aromatic carbocycles. The number of aromatic hydroxyl groups is 1. The minimum Gasteiger partial charge on any atom is -0.508 e. The van der Waals surface area contributed by atoms with Gasteiger partial charge in [0.05, 0.1) is 6.04 Å². The van der Waals surface area contributed by atoms with E-state index in [1.807, 2.05) is 13.0 Å². The maximum atomic E-state index is 9.59. The average molecular weight is 289 g/mol. The van der Waals surface area contributed by atoms with Gasteiger partial charge in [-0.25, -0.2) is 0 Å². The maximum Gasteiger partial charge on any atom is 0.121 e. The van der Waals surface area contributed by atoms with E-state index in [0.717, 1.165) is 14.7 Å². The van der Waals surface area contributed by atoms with Crippen LogP contribution in [-0.2, 0) is 0 Å². The van der Waals surface area contributed by atoms with Crippen molar-refractivity contribution in [2.75, 3.05) is 0 Å². The van der Waals surface area contributed by atoms with Gasteiger partial charge in [0.1, 0.15) is 5.75 Å². The number of aryl methyl sites for hydroxylation is 1. The molecule has 1 unspecified atom stereocenters. The molecule has 0 heterocycles. The molecule has 0 spiro atoms. The molecule has 0 aliphatic carbocycles. The van der Waals surface area contributed by atoms with Crippen LogP contribution in [0.15, 0.2) is 24.8 Å². The molecule has 0 saturated carbocycles. The third-order valence-corrected chi connectivity index (χ3v) is 3.08. The van der Waals surface area contributed by atoms with Gasteiger partial charge in [0, 0.05) is 9.13 Å². The van der Waals surface area contributed by atoms with Crippen molar-refractivity contribution in [2.24, 2.45) is 5.73 Å². The molecule has 0 fully saturated rings. The Morgan fingerprint density at radius 1 is 1.62 bits per heavy atom. The molecule has 0 amide bonds. The van der Waals surface area contributed by atoms with E-state index in [9.17, 15) is 5.11 Å². The van der Waals surface area contributed by atoms with Crippen molar-refractivity contribution in [1.29, 1.82) is 0 Å². The van der Waals surface area contributed by atoms with E-state index in [1.54, 1.807) is 12.1 Å². The molecule has 1 atom stereocenters. The first-order valence-electron chi connectivity index (χ1n) is 3.93. The van der Waals surface area contributed by atoms with Crippen LogP contribution in [0.25, 0.3) is 0 Å². The van der Waals surface area contributed by atoms with Crippen LogP contribution in [0.3, 0.4) is 0 Å². The summed E-state index contributed by atoms with van der Waals surface area (Å²) in [5, 5.41) is 9.59. The number of phenolic OH excluding ortho intramolecular Hbond substituents is 1. The van der Waals surface area contributed by atoms with Crippen LogP contribution in [0.1, 0.15) is 17.2 Å². The van der Waals surface area contributed by atoms with E-state index in [0.29, 0.717) is 0 Å². The lowest BCUT2D eigenvalue weighted by Gasteiger charge is -2.11. The lowest BCUT2D eigenvalue weighted by atomic mass is 10.0. The molecule has 0 aromatic heterocycles. The molecule has 0 aliphatic rings. The minimum atomic E-state index is -0.297. The van der Waals surface area contributed by atoms with Gasteiger partial charge >= 0.3 is 0 Å². The Morgan fingerprint density at radius 3 is 2.77 bits per heavy atom. The van der Waals surface area contributed by atoms with E-state index in [1.165, 1.54) is 0 Å². The lowest BCUT2D eigenvalue weighted by molar-refractivity contribution is 0.465. The molecule has 70 valence electrons. The van der Waals surface area contributed by atoms with Crippen LogP contribution in [0.4, 0.5) is 0 Å². The number of benzene rings is 1. The highest BCUT2D eigenvalue weighted by Gasteiger charge is 2.09. The first kappa shape index (κ1) is 10.5. The van der Waals surface area contributed by atoms with Crippen molar-refractivity contribution >= 4 is 22.6 Å². The highest BCUT2D eigenvalue weighted by Crippen LogP contribution is 2.27. The largest absolute Gasteiger partial charge is 0.508 e. The summed E-state index contributed by atoms with van der Waals surface area (Å²) in [7, 11) is 0. The Hall–Kier alpha value is -0.550. The van der Waals surface area contributed by atoms with Crippen molar-refractivity contribution in [3.8, 4) is 5.75 Å². The fourth-order valence-electron chi connectivity index (χ4n) is 1.08. The number of nitrogens with two attached hydrogens (primary N) is 1. The first-order valence-corrected chi connectivity index (χ1v) is 5.01. The Labute approximate surface area is 91.6 Å². The lowest BCUT2D eigenvalue weighted by Crippen LogP contribution is -2.07. The van der Waals surface area contributed by atoms with Gasteiger partial charge < -0.3 is 10.8 Å². The molecule has 0 radical (unpaired) electrons. The molecular weight excluding hydrogens is 277 g/mol. The fraction of sp³-hybridized carbons (Fsp3) is 0.200. The van der Waals surface area contributed by atoms with E-state index < -0.39 is 0 Å². The summed E-state index contributed by atoms with van der Waals surface area (Å²) < 4.78 is 1.10. The molecule has 1 rings (SSSR count). The third-order valence-electron chi connectivity index (χ3n) is 1.92. The predicted octanol–water partition coefficient (Wildman–Crippen LogP) is 2.49. The molecule has 2 nitrogen and oxygen atoms in total. The second kappa shape index (κ2) is 4.11.